The van der Waals surface area contributed by atoms with Crippen LogP contribution in [0.3, 0.4) is 0 Å². The molecule has 23 heavy (non-hydrogen) atoms. The Bertz CT molecular complexity index is 802. The number of alkyl halides is 3. The van der Waals surface area contributed by atoms with E-state index in [9.17, 15) is 22.0 Å². The van der Waals surface area contributed by atoms with Gasteiger partial charge in [-0.2, -0.15) is 9.74 Å². The van der Waals surface area contributed by atoms with Gasteiger partial charge in [-0.25, -0.2) is 18.7 Å². The van der Waals surface area contributed by atoms with E-state index in [4.69, 9.17) is 5.26 Å². The first-order chi connectivity index (χ1) is 10.8. The molecule has 0 saturated carbocycles. The number of halogens is 5. The van der Waals surface area contributed by atoms with Crippen LogP contribution in [0.4, 0.5) is 27.6 Å². The monoisotopic (exact) mass is 327 g/mol. The zero-order valence-electron chi connectivity index (χ0n) is 11.3. The summed E-state index contributed by atoms with van der Waals surface area (Å²) >= 11 is 0. The average Bonchev–Trinajstić information content (AvgIpc) is 2.85. The van der Waals surface area contributed by atoms with Crippen LogP contribution in [0.5, 0.6) is 0 Å². The van der Waals surface area contributed by atoms with Gasteiger partial charge in [0.2, 0.25) is 5.70 Å². The Kier molecular flexibility index (Phi) is 3.23. The van der Waals surface area contributed by atoms with Gasteiger partial charge in [-0.3, -0.25) is 0 Å². The van der Waals surface area contributed by atoms with E-state index < -0.39 is 34.8 Å². The van der Waals surface area contributed by atoms with Gasteiger partial charge in [0.25, 0.3) is 5.82 Å². The van der Waals surface area contributed by atoms with E-state index in [1.54, 1.807) is 0 Å². The Morgan fingerprint density at radius 2 is 1.96 bits per heavy atom. The summed E-state index contributed by atoms with van der Waals surface area (Å²) in [6, 6.07) is 4.28. The van der Waals surface area contributed by atoms with Gasteiger partial charge in [-0.05, 0) is 6.07 Å². The number of hydrogen-bond donors (Lipinski definition) is 0. The molecule has 1 atom stereocenters. The number of benzene rings is 1. The minimum atomic E-state index is -4.80. The van der Waals surface area contributed by atoms with Crippen molar-refractivity contribution in [1.29, 1.82) is 5.26 Å². The normalized spacial score (nSPS) is 23.2. The van der Waals surface area contributed by atoms with Gasteiger partial charge < -0.3 is 0 Å². The van der Waals surface area contributed by atoms with Gasteiger partial charge in [0, 0.05) is 24.4 Å². The zero-order chi connectivity index (χ0) is 16.8. The van der Waals surface area contributed by atoms with Crippen molar-refractivity contribution in [2.45, 2.75) is 6.30 Å². The number of rotatable bonds is 1. The molecule has 0 fully saturated rings. The van der Waals surface area contributed by atoms with E-state index >= 15 is 0 Å². The molecular weight excluding hydrogens is 319 g/mol. The summed E-state index contributed by atoms with van der Waals surface area (Å²) in [4.78, 5) is 3.81. The molecule has 2 heterocycles. The Labute approximate surface area is 127 Å². The van der Waals surface area contributed by atoms with Crippen molar-refractivity contribution in [1.82, 2.24) is 9.38 Å². The average molecular weight is 327 g/mol. The molecule has 1 aromatic carbocycles. The van der Waals surface area contributed by atoms with Crippen LogP contribution in [-0.4, -0.2) is 24.1 Å². The number of hydrogen-bond acceptors (Lipinski definition) is 3. The SMILES string of the molecule is N#CC1=C2N=CC=C[N+]2(c2ccc(F)c(F)c2)CN1C(F)(F)F. The molecule has 4 nitrogen and oxygen atoms in total. The van der Waals surface area contributed by atoms with Crippen molar-refractivity contribution in [3.8, 4) is 6.07 Å². The van der Waals surface area contributed by atoms with Crippen LogP contribution < -0.4 is 4.48 Å². The van der Waals surface area contributed by atoms with Crippen LogP contribution in [0, 0.1) is 23.0 Å². The first kappa shape index (κ1) is 15.2. The molecule has 0 spiro atoms. The highest BCUT2D eigenvalue weighted by atomic mass is 19.4. The standard InChI is InChI=1S/C14H8F5N4/c15-10-3-2-9(6-11(10)16)23-5-1-4-21-13(23)12(7-20)22(8-23)14(17,18)19/h1-6H,8H2/q+1. The third-order valence-corrected chi connectivity index (χ3v) is 3.62. The van der Waals surface area contributed by atoms with E-state index in [1.165, 1.54) is 30.6 Å². The fourth-order valence-electron chi connectivity index (χ4n) is 2.59. The highest BCUT2D eigenvalue weighted by Crippen LogP contribution is 2.44. The molecule has 118 valence electrons. The molecule has 1 aromatic rings. The van der Waals surface area contributed by atoms with Crippen molar-refractivity contribution < 1.29 is 22.0 Å². The third-order valence-electron chi connectivity index (χ3n) is 3.62. The fourth-order valence-corrected chi connectivity index (χ4v) is 2.59. The summed E-state index contributed by atoms with van der Waals surface area (Å²) in [5.74, 6) is -2.51. The van der Waals surface area contributed by atoms with Gasteiger partial charge in [0.1, 0.15) is 18.0 Å². The maximum atomic E-state index is 13.5. The quantitative estimate of drug-likeness (QED) is 0.451. The van der Waals surface area contributed by atoms with Crippen molar-refractivity contribution >= 4 is 11.9 Å². The lowest BCUT2D eigenvalue weighted by Crippen LogP contribution is -2.47. The molecule has 0 aliphatic carbocycles. The van der Waals surface area contributed by atoms with Gasteiger partial charge in [0.15, 0.2) is 18.3 Å². The molecule has 2 aliphatic heterocycles. The summed E-state index contributed by atoms with van der Waals surface area (Å²) in [5.41, 5.74) is -0.644. The van der Waals surface area contributed by atoms with Crippen molar-refractivity contribution in [2.75, 3.05) is 6.67 Å². The summed E-state index contributed by atoms with van der Waals surface area (Å²) < 4.78 is 65.6. The molecule has 0 radical (unpaired) electrons. The predicted molar refractivity (Wildman–Crippen MR) is 71.2 cm³/mol. The fraction of sp³-hybridized carbons (Fsp3) is 0.143. The lowest BCUT2D eigenvalue weighted by atomic mass is 10.2. The van der Waals surface area contributed by atoms with Crippen LogP contribution in [0.15, 0.2) is 47.0 Å². The van der Waals surface area contributed by atoms with E-state index in [0.717, 1.165) is 12.1 Å². The van der Waals surface area contributed by atoms with Gasteiger partial charge in [0.05, 0.1) is 0 Å². The van der Waals surface area contributed by atoms with Crippen LogP contribution in [0.2, 0.25) is 0 Å². The number of nitrogens with zero attached hydrogens (tertiary/aromatic N) is 4. The predicted octanol–water partition coefficient (Wildman–Crippen LogP) is 3.36. The van der Waals surface area contributed by atoms with Gasteiger partial charge >= 0.3 is 6.30 Å². The lowest BCUT2D eigenvalue weighted by molar-refractivity contribution is -0.231. The molecule has 0 bridgehead atoms. The number of fused-ring (bicyclic) bond motifs is 1. The third kappa shape index (κ3) is 2.19. The number of quaternary nitrogens is 1. The topological polar surface area (TPSA) is 39.4 Å². The molecule has 0 N–H and O–H groups in total. The molecule has 2 aliphatic rings. The van der Waals surface area contributed by atoms with Crippen LogP contribution in [0.25, 0.3) is 0 Å². The van der Waals surface area contributed by atoms with Crippen molar-refractivity contribution in [2.24, 2.45) is 4.99 Å². The molecule has 0 saturated heterocycles. The Balaban J connectivity index is 2.23. The Hall–Kier alpha value is -2.73. The molecule has 0 aromatic heterocycles. The van der Waals surface area contributed by atoms with Gasteiger partial charge in [-0.1, -0.05) is 0 Å². The summed E-state index contributed by atoms with van der Waals surface area (Å²) in [6.45, 7) is -0.722. The highest BCUT2D eigenvalue weighted by molar-refractivity contribution is 5.77. The summed E-state index contributed by atoms with van der Waals surface area (Å²) in [5, 5.41) is 9.11. The minimum absolute atomic E-state index is 0.0338. The Morgan fingerprint density at radius 3 is 2.57 bits per heavy atom. The van der Waals surface area contributed by atoms with Crippen molar-refractivity contribution in [3.05, 3.63) is 53.6 Å². The first-order valence-electron chi connectivity index (χ1n) is 6.34. The molecular formula is C14H8F5N4+. The summed E-state index contributed by atoms with van der Waals surface area (Å²) in [7, 11) is 0. The highest BCUT2D eigenvalue weighted by Gasteiger charge is 2.56. The lowest BCUT2D eigenvalue weighted by Gasteiger charge is -2.31. The van der Waals surface area contributed by atoms with Crippen LogP contribution >= 0.6 is 0 Å². The van der Waals surface area contributed by atoms with Crippen LogP contribution in [-0.2, 0) is 0 Å². The van der Waals surface area contributed by atoms with Gasteiger partial charge in [-0.15, -0.1) is 13.2 Å². The number of allylic oxidation sites excluding steroid dienone is 2. The van der Waals surface area contributed by atoms with Crippen molar-refractivity contribution in [3.63, 3.8) is 0 Å². The van der Waals surface area contributed by atoms with E-state index in [-0.39, 0.29) is 16.4 Å². The molecule has 0 amide bonds. The van der Waals surface area contributed by atoms with E-state index in [1.807, 2.05) is 0 Å². The summed E-state index contributed by atoms with van der Waals surface area (Å²) in [6.07, 6.45) is -0.830. The zero-order valence-corrected chi connectivity index (χ0v) is 11.3. The Morgan fingerprint density at radius 1 is 1.22 bits per heavy atom. The second kappa shape index (κ2) is 4.89. The smallest absolute Gasteiger partial charge is 0.218 e. The number of nitriles is 1. The molecule has 3 rings (SSSR count). The second-order valence-corrected chi connectivity index (χ2v) is 4.91. The minimum Gasteiger partial charge on any atom is -0.218 e. The maximum absolute atomic E-state index is 13.5. The van der Waals surface area contributed by atoms with E-state index in [0.29, 0.717) is 0 Å². The second-order valence-electron chi connectivity index (χ2n) is 4.91. The first-order valence-corrected chi connectivity index (χ1v) is 6.34. The van der Waals surface area contributed by atoms with E-state index in [2.05, 4.69) is 4.99 Å². The maximum Gasteiger partial charge on any atom is 0.490 e. The largest absolute Gasteiger partial charge is 0.490 e. The van der Waals surface area contributed by atoms with Crippen LogP contribution in [0.1, 0.15) is 0 Å². The molecule has 1 unspecified atom stereocenters. The molecule has 9 heteroatoms. The number of aliphatic imine (C=N–C) groups is 1.